The lowest BCUT2D eigenvalue weighted by atomic mass is 9.93. The first kappa shape index (κ1) is 15.3. The van der Waals surface area contributed by atoms with Crippen molar-refractivity contribution >= 4 is 17.8 Å². The van der Waals surface area contributed by atoms with E-state index in [0.717, 1.165) is 13.0 Å². The van der Waals surface area contributed by atoms with Gasteiger partial charge in [0.25, 0.3) is 11.8 Å². The minimum atomic E-state index is -0.796. The highest BCUT2D eigenvalue weighted by Gasteiger charge is 2.56. The molecule has 2 saturated heterocycles. The van der Waals surface area contributed by atoms with Crippen LogP contribution in [0, 0.1) is 0 Å². The summed E-state index contributed by atoms with van der Waals surface area (Å²) in [4.78, 5) is 44.9. The highest BCUT2D eigenvalue weighted by atomic mass is 16.7. The maximum absolute atomic E-state index is 12.8. The summed E-state index contributed by atoms with van der Waals surface area (Å²) in [5.74, 6) is -1.73. The molecule has 0 saturated carbocycles. The first-order valence-electron chi connectivity index (χ1n) is 8.05. The normalized spacial score (nSPS) is 29.0. The van der Waals surface area contributed by atoms with Crippen LogP contribution in [0.5, 0.6) is 0 Å². The summed E-state index contributed by atoms with van der Waals surface area (Å²) in [5.41, 5.74) is -0.273. The van der Waals surface area contributed by atoms with E-state index < -0.39 is 23.3 Å². The Labute approximate surface area is 139 Å². The molecule has 3 heterocycles. The van der Waals surface area contributed by atoms with Crippen LogP contribution in [-0.2, 0) is 14.4 Å². The Hall–Kier alpha value is -2.25. The van der Waals surface area contributed by atoms with Gasteiger partial charge in [-0.3, -0.25) is 14.5 Å². The van der Waals surface area contributed by atoms with Crippen molar-refractivity contribution in [2.45, 2.75) is 30.9 Å². The van der Waals surface area contributed by atoms with E-state index in [1.165, 1.54) is 0 Å². The molecular weight excluding hydrogens is 312 g/mol. The number of amides is 2. The fourth-order valence-electron chi connectivity index (χ4n) is 4.01. The molecule has 3 aliphatic heterocycles. The third kappa shape index (κ3) is 2.01. The third-order valence-corrected chi connectivity index (χ3v) is 5.26. The Morgan fingerprint density at radius 3 is 2.50 bits per heavy atom. The standard InChI is InChI=1S/C17H18N2O5/c1-23-11-9-17(7-4-8-18(17)10-11)16(22)24-19-14(20)12-5-2-3-6-13(12)15(19)21/h2-3,5-6,11H,4,7-10H2,1H3. The van der Waals surface area contributed by atoms with Crippen LogP contribution in [0.15, 0.2) is 24.3 Å². The summed E-state index contributed by atoms with van der Waals surface area (Å²) in [7, 11) is 1.62. The number of imide groups is 1. The molecule has 0 bridgehead atoms. The molecule has 4 rings (SSSR count). The summed E-state index contributed by atoms with van der Waals surface area (Å²) in [6.45, 7) is 1.45. The molecule has 1 aromatic rings. The van der Waals surface area contributed by atoms with Crippen LogP contribution >= 0.6 is 0 Å². The van der Waals surface area contributed by atoms with Gasteiger partial charge < -0.3 is 9.57 Å². The van der Waals surface area contributed by atoms with Crippen molar-refractivity contribution < 1.29 is 24.0 Å². The van der Waals surface area contributed by atoms with Gasteiger partial charge in [0.1, 0.15) is 5.54 Å². The molecule has 2 unspecified atom stereocenters. The van der Waals surface area contributed by atoms with E-state index in [2.05, 4.69) is 0 Å². The summed E-state index contributed by atoms with van der Waals surface area (Å²) in [6.07, 6.45) is 2.01. The lowest BCUT2D eigenvalue weighted by molar-refractivity contribution is -0.180. The van der Waals surface area contributed by atoms with Gasteiger partial charge in [-0.1, -0.05) is 17.2 Å². The van der Waals surface area contributed by atoms with Gasteiger partial charge in [0.2, 0.25) is 0 Å². The van der Waals surface area contributed by atoms with Crippen LogP contribution in [0.3, 0.4) is 0 Å². The Balaban J connectivity index is 1.57. The van der Waals surface area contributed by atoms with Crippen molar-refractivity contribution in [2.75, 3.05) is 20.2 Å². The first-order valence-corrected chi connectivity index (χ1v) is 8.05. The zero-order valence-corrected chi connectivity index (χ0v) is 13.4. The monoisotopic (exact) mass is 330 g/mol. The van der Waals surface area contributed by atoms with Crippen molar-refractivity contribution in [2.24, 2.45) is 0 Å². The van der Waals surface area contributed by atoms with Crippen molar-refractivity contribution in [1.82, 2.24) is 9.96 Å². The predicted octanol–water partition coefficient (Wildman–Crippen LogP) is 0.994. The second-order valence-corrected chi connectivity index (χ2v) is 6.47. The minimum Gasteiger partial charge on any atom is -0.380 e. The van der Waals surface area contributed by atoms with Gasteiger partial charge in [-0.15, -0.1) is 0 Å². The Bertz CT molecular complexity index is 698. The smallest absolute Gasteiger partial charge is 0.353 e. The number of benzene rings is 1. The predicted molar refractivity (Wildman–Crippen MR) is 82.0 cm³/mol. The molecule has 24 heavy (non-hydrogen) atoms. The molecule has 3 aliphatic rings. The van der Waals surface area contributed by atoms with E-state index in [-0.39, 0.29) is 17.2 Å². The highest BCUT2D eigenvalue weighted by Crippen LogP contribution is 2.41. The topological polar surface area (TPSA) is 76.2 Å². The van der Waals surface area contributed by atoms with Crippen molar-refractivity contribution in [3.05, 3.63) is 35.4 Å². The summed E-state index contributed by atoms with van der Waals surface area (Å²) in [6, 6.07) is 6.46. The number of ether oxygens (including phenoxy) is 1. The van der Waals surface area contributed by atoms with Gasteiger partial charge in [0, 0.05) is 20.1 Å². The van der Waals surface area contributed by atoms with Crippen LogP contribution in [0.2, 0.25) is 0 Å². The molecule has 0 radical (unpaired) electrons. The zero-order valence-electron chi connectivity index (χ0n) is 13.4. The van der Waals surface area contributed by atoms with E-state index in [4.69, 9.17) is 9.57 Å². The third-order valence-electron chi connectivity index (χ3n) is 5.26. The summed E-state index contributed by atoms with van der Waals surface area (Å²) >= 11 is 0. The fourth-order valence-corrected chi connectivity index (χ4v) is 4.01. The second-order valence-electron chi connectivity index (χ2n) is 6.47. The number of hydrogen-bond donors (Lipinski definition) is 0. The highest BCUT2D eigenvalue weighted by molar-refractivity contribution is 6.21. The molecule has 0 aromatic heterocycles. The molecule has 7 nitrogen and oxygen atoms in total. The van der Waals surface area contributed by atoms with Gasteiger partial charge >= 0.3 is 5.97 Å². The van der Waals surface area contributed by atoms with Gasteiger partial charge in [-0.25, -0.2) is 4.79 Å². The van der Waals surface area contributed by atoms with Gasteiger partial charge in [-0.2, -0.15) is 0 Å². The van der Waals surface area contributed by atoms with Crippen LogP contribution in [0.25, 0.3) is 0 Å². The first-order chi connectivity index (χ1) is 11.6. The average Bonchev–Trinajstić information content (AvgIpc) is 3.21. The van der Waals surface area contributed by atoms with Crippen LogP contribution in [0.1, 0.15) is 40.0 Å². The molecule has 0 N–H and O–H groups in total. The molecular formula is C17H18N2O5. The average molecular weight is 330 g/mol. The van der Waals surface area contributed by atoms with Crippen molar-refractivity contribution in [3.63, 3.8) is 0 Å². The Morgan fingerprint density at radius 1 is 1.21 bits per heavy atom. The number of carbonyl (C=O) groups is 3. The quantitative estimate of drug-likeness (QED) is 0.770. The molecule has 1 aromatic carbocycles. The molecule has 126 valence electrons. The van der Waals surface area contributed by atoms with Crippen LogP contribution in [0.4, 0.5) is 0 Å². The number of methoxy groups -OCH3 is 1. The lowest BCUT2D eigenvalue weighted by Crippen LogP contribution is -2.50. The molecule has 2 amide bonds. The lowest BCUT2D eigenvalue weighted by Gasteiger charge is -2.29. The molecule has 0 aliphatic carbocycles. The summed E-state index contributed by atoms with van der Waals surface area (Å²) < 4.78 is 5.39. The Morgan fingerprint density at radius 2 is 1.88 bits per heavy atom. The van der Waals surface area contributed by atoms with E-state index in [1.54, 1.807) is 31.4 Å². The van der Waals surface area contributed by atoms with E-state index >= 15 is 0 Å². The number of hydroxylamine groups is 2. The Kier molecular flexibility index (Phi) is 3.43. The van der Waals surface area contributed by atoms with Crippen LogP contribution < -0.4 is 0 Å². The van der Waals surface area contributed by atoms with Gasteiger partial charge in [0.05, 0.1) is 17.2 Å². The van der Waals surface area contributed by atoms with E-state index in [9.17, 15) is 14.4 Å². The van der Waals surface area contributed by atoms with E-state index in [1.807, 2.05) is 4.90 Å². The summed E-state index contributed by atoms with van der Waals surface area (Å²) in [5, 5.41) is 0.596. The zero-order chi connectivity index (χ0) is 16.9. The number of carbonyl (C=O) groups excluding carboxylic acids is 3. The van der Waals surface area contributed by atoms with Crippen LogP contribution in [-0.4, -0.2) is 59.6 Å². The molecule has 2 atom stereocenters. The number of fused-ring (bicyclic) bond motifs is 2. The number of hydrogen-bond acceptors (Lipinski definition) is 6. The maximum Gasteiger partial charge on any atom is 0.353 e. The van der Waals surface area contributed by atoms with Crippen molar-refractivity contribution in [3.8, 4) is 0 Å². The molecule has 0 spiro atoms. The number of nitrogens with zero attached hydrogens (tertiary/aromatic N) is 2. The fraction of sp³-hybridized carbons (Fsp3) is 0.471. The SMILES string of the molecule is COC1CN2CCCC2(C(=O)ON2C(=O)c3ccccc3C2=O)C1. The molecule has 2 fully saturated rings. The van der Waals surface area contributed by atoms with Crippen molar-refractivity contribution in [1.29, 1.82) is 0 Å². The minimum absolute atomic E-state index is 0.0416. The number of rotatable bonds is 3. The molecule has 7 heteroatoms. The maximum atomic E-state index is 12.8. The van der Waals surface area contributed by atoms with Gasteiger partial charge in [-0.05, 0) is 31.5 Å². The van der Waals surface area contributed by atoms with E-state index in [0.29, 0.717) is 24.4 Å². The van der Waals surface area contributed by atoms with Gasteiger partial charge in [0.15, 0.2) is 0 Å². The second kappa shape index (κ2) is 5.39. The largest absolute Gasteiger partial charge is 0.380 e.